The largest absolute Gasteiger partial charge is 0.495 e. The summed E-state index contributed by atoms with van der Waals surface area (Å²) in [6, 6.07) is 6.31. The molecule has 0 spiro atoms. The van der Waals surface area contributed by atoms with Gasteiger partial charge < -0.3 is 10.1 Å². The molecule has 3 aromatic rings. The average Bonchev–Trinajstić information content (AvgIpc) is 2.69. The molecule has 0 saturated carbocycles. The zero-order chi connectivity index (χ0) is 21.3. The number of ketones is 1. The number of nitrogens with zero attached hydrogens (tertiary/aromatic N) is 3. The van der Waals surface area contributed by atoms with E-state index in [1.54, 1.807) is 31.2 Å². The molecule has 2 aromatic heterocycles. The predicted molar refractivity (Wildman–Crippen MR) is 108 cm³/mol. The normalized spacial score (nSPS) is 10.8. The van der Waals surface area contributed by atoms with Crippen LogP contribution in [0.15, 0.2) is 40.1 Å². The minimum Gasteiger partial charge on any atom is -0.495 e. The molecule has 1 amide bonds. The Morgan fingerprint density at radius 2 is 1.83 bits per heavy atom. The van der Waals surface area contributed by atoms with E-state index >= 15 is 0 Å². The van der Waals surface area contributed by atoms with Crippen molar-refractivity contribution in [3.8, 4) is 5.75 Å². The molecule has 3 rings (SSSR count). The zero-order valence-corrected chi connectivity index (χ0v) is 16.5. The Kier molecular flexibility index (Phi) is 5.31. The number of methoxy groups -OCH3 is 1. The van der Waals surface area contributed by atoms with Gasteiger partial charge in [-0.3, -0.25) is 19.0 Å². The van der Waals surface area contributed by atoms with E-state index in [0.717, 1.165) is 4.57 Å². The highest BCUT2D eigenvalue weighted by Gasteiger charge is 2.19. The first kappa shape index (κ1) is 20.0. The van der Waals surface area contributed by atoms with Gasteiger partial charge in [0.15, 0.2) is 11.4 Å². The topological polar surface area (TPSA) is 112 Å². The van der Waals surface area contributed by atoms with Crippen molar-refractivity contribution in [2.45, 2.75) is 20.4 Å². The number of aryl methyl sites for hydroxylation is 2. The van der Waals surface area contributed by atoms with Gasteiger partial charge in [-0.05, 0) is 38.1 Å². The van der Waals surface area contributed by atoms with Gasteiger partial charge in [0.1, 0.15) is 17.7 Å². The molecule has 0 fully saturated rings. The number of carbonyl (C=O) groups excluding carboxylic acids is 2. The highest BCUT2D eigenvalue weighted by atomic mass is 16.5. The minimum atomic E-state index is -0.664. The van der Waals surface area contributed by atoms with E-state index in [9.17, 15) is 19.2 Å². The smallest absolute Gasteiger partial charge is 0.332 e. The number of aromatic nitrogens is 3. The summed E-state index contributed by atoms with van der Waals surface area (Å²) in [5.41, 5.74) is 0.454. The molecule has 0 aliphatic heterocycles. The lowest BCUT2D eigenvalue weighted by molar-refractivity contribution is -0.116. The maximum atomic E-state index is 13.0. The number of rotatable bonds is 5. The van der Waals surface area contributed by atoms with Crippen LogP contribution in [-0.4, -0.2) is 32.9 Å². The Balaban J connectivity index is 1.99. The second kappa shape index (κ2) is 7.70. The summed E-state index contributed by atoms with van der Waals surface area (Å²) in [5, 5.41) is 2.75. The van der Waals surface area contributed by atoms with E-state index in [1.165, 1.54) is 31.8 Å². The number of benzene rings is 1. The first-order valence-corrected chi connectivity index (χ1v) is 8.78. The fourth-order valence-electron chi connectivity index (χ4n) is 3.06. The van der Waals surface area contributed by atoms with Crippen LogP contribution in [0.5, 0.6) is 5.75 Å². The third-order valence-electron chi connectivity index (χ3n) is 4.56. The molecule has 0 saturated heterocycles. The number of nitrogens with one attached hydrogen (secondary N) is 1. The Morgan fingerprint density at radius 1 is 1.17 bits per heavy atom. The Hall–Kier alpha value is -3.75. The summed E-state index contributed by atoms with van der Waals surface area (Å²) in [5.74, 6) is -0.338. The maximum absolute atomic E-state index is 13.0. The van der Waals surface area contributed by atoms with Crippen molar-refractivity contribution < 1.29 is 14.3 Å². The number of anilines is 1. The van der Waals surface area contributed by atoms with Gasteiger partial charge in [-0.15, -0.1) is 0 Å². The van der Waals surface area contributed by atoms with Gasteiger partial charge in [0.2, 0.25) is 5.91 Å². The average molecular weight is 396 g/mol. The minimum absolute atomic E-state index is 0.0908. The molecule has 0 radical (unpaired) electrons. The van der Waals surface area contributed by atoms with Gasteiger partial charge in [-0.1, -0.05) is 0 Å². The second-order valence-corrected chi connectivity index (χ2v) is 6.59. The zero-order valence-electron chi connectivity index (χ0n) is 16.5. The lowest BCUT2D eigenvalue weighted by Crippen LogP contribution is -2.42. The van der Waals surface area contributed by atoms with E-state index in [0.29, 0.717) is 22.6 Å². The number of Topliss-reactive ketones (excluding diaryl/α,β-unsaturated/α-hetero) is 1. The molecule has 1 N–H and O–H groups in total. The Bertz CT molecular complexity index is 1240. The quantitative estimate of drug-likeness (QED) is 0.650. The van der Waals surface area contributed by atoms with Crippen molar-refractivity contribution in [1.82, 2.24) is 14.1 Å². The molecule has 0 aliphatic rings. The summed E-state index contributed by atoms with van der Waals surface area (Å²) < 4.78 is 7.36. The Morgan fingerprint density at radius 3 is 2.41 bits per heavy atom. The summed E-state index contributed by atoms with van der Waals surface area (Å²) in [6.07, 6.45) is 1.52. The molecule has 9 heteroatoms. The summed E-state index contributed by atoms with van der Waals surface area (Å²) >= 11 is 0. The van der Waals surface area contributed by atoms with Gasteiger partial charge in [0, 0.05) is 30.1 Å². The van der Waals surface area contributed by atoms with Crippen LogP contribution in [0.4, 0.5) is 5.69 Å². The van der Waals surface area contributed by atoms with Crippen molar-refractivity contribution in [2.24, 2.45) is 7.05 Å². The number of amides is 1. The van der Waals surface area contributed by atoms with Crippen molar-refractivity contribution in [3.63, 3.8) is 0 Å². The number of ether oxygens (including phenoxy) is 1. The van der Waals surface area contributed by atoms with Crippen molar-refractivity contribution >= 4 is 28.4 Å². The molecule has 0 atom stereocenters. The van der Waals surface area contributed by atoms with Gasteiger partial charge in [0.05, 0.1) is 7.11 Å². The molecular weight excluding hydrogens is 376 g/mol. The molecule has 0 aliphatic carbocycles. The van der Waals surface area contributed by atoms with Crippen LogP contribution in [-0.2, 0) is 18.4 Å². The third kappa shape index (κ3) is 3.66. The van der Waals surface area contributed by atoms with E-state index < -0.39 is 23.7 Å². The fourth-order valence-corrected chi connectivity index (χ4v) is 3.06. The number of hydrogen-bond donors (Lipinski definition) is 1. The van der Waals surface area contributed by atoms with Crippen molar-refractivity contribution in [3.05, 3.63) is 62.4 Å². The van der Waals surface area contributed by atoms with Gasteiger partial charge in [0.25, 0.3) is 5.56 Å². The molecule has 0 unspecified atom stereocenters. The molecular formula is C20H20N4O5. The third-order valence-corrected chi connectivity index (χ3v) is 4.56. The molecule has 9 nitrogen and oxygen atoms in total. The first-order valence-electron chi connectivity index (χ1n) is 8.78. The van der Waals surface area contributed by atoms with Gasteiger partial charge in [-0.2, -0.15) is 0 Å². The second-order valence-electron chi connectivity index (χ2n) is 6.59. The van der Waals surface area contributed by atoms with Crippen molar-refractivity contribution in [2.75, 3.05) is 12.4 Å². The standard InChI is InChI=1S/C20H20N4O5/c1-11-9-21-18-16(17(11)29-4)19(27)24(20(28)23(18)3)10-15(26)22-14-7-5-13(6-8-14)12(2)25/h5-9H,10H2,1-4H3,(H,22,26). The van der Waals surface area contributed by atoms with Crippen LogP contribution in [0.2, 0.25) is 0 Å². The van der Waals surface area contributed by atoms with Crippen LogP contribution < -0.4 is 21.3 Å². The van der Waals surface area contributed by atoms with Gasteiger partial charge in [-0.25, -0.2) is 14.3 Å². The summed E-state index contributed by atoms with van der Waals surface area (Å²) in [7, 11) is 2.90. The number of hydrogen-bond acceptors (Lipinski definition) is 6. The molecule has 150 valence electrons. The lowest BCUT2D eigenvalue weighted by Gasteiger charge is -2.13. The van der Waals surface area contributed by atoms with Crippen LogP contribution in [0.25, 0.3) is 11.0 Å². The lowest BCUT2D eigenvalue weighted by atomic mass is 10.1. The number of pyridine rings is 1. The van der Waals surface area contributed by atoms with E-state index in [1.807, 2.05) is 0 Å². The van der Waals surface area contributed by atoms with E-state index in [4.69, 9.17) is 4.74 Å². The van der Waals surface area contributed by atoms with E-state index in [2.05, 4.69) is 10.3 Å². The molecule has 0 bridgehead atoms. The molecule has 2 heterocycles. The van der Waals surface area contributed by atoms with Crippen LogP contribution >= 0.6 is 0 Å². The van der Waals surface area contributed by atoms with Crippen LogP contribution in [0, 0.1) is 6.92 Å². The maximum Gasteiger partial charge on any atom is 0.332 e. The van der Waals surface area contributed by atoms with Crippen LogP contribution in [0.1, 0.15) is 22.8 Å². The SMILES string of the molecule is COc1c(C)cnc2c1c(=O)n(CC(=O)Nc1ccc(C(C)=O)cc1)c(=O)n2C. The number of fused-ring (bicyclic) bond motifs is 1. The van der Waals surface area contributed by atoms with Gasteiger partial charge >= 0.3 is 5.69 Å². The highest BCUT2D eigenvalue weighted by Crippen LogP contribution is 2.23. The highest BCUT2D eigenvalue weighted by molar-refractivity contribution is 5.95. The monoisotopic (exact) mass is 396 g/mol. The molecule has 1 aromatic carbocycles. The summed E-state index contributed by atoms with van der Waals surface area (Å²) in [6.45, 7) is 2.70. The molecule has 29 heavy (non-hydrogen) atoms. The number of carbonyl (C=O) groups is 2. The first-order chi connectivity index (χ1) is 13.7. The fraction of sp³-hybridized carbons (Fsp3) is 0.250. The predicted octanol–water partition coefficient (Wildman–Crippen LogP) is 1.25. The Labute approximate surface area is 165 Å². The summed E-state index contributed by atoms with van der Waals surface area (Å²) in [4.78, 5) is 53.5. The van der Waals surface area contributed by atoms with E-state index in [-0.39, 0.29) is 16.8 Å². The van der Waals surface area contributed by atoms with Crippen LogP contribution in [0.3, 0.4) is 0 Å². The van der Waals surface area contributed by atoms with Crippen molar-refractivity contribution in [1.29, 1.82) is 0 Å².